The van der Waals surface area contributed by atoms with E-state index in [4.69, 9.17) is 16.3 Å². The zero-order valence-corrected chi connectivity index (χ0v) is 14.0. The minimum atomic E-state index is -0.221. The summed E-state index contributed by atoms with van der Waals surface area (Å²) in [7, 11) is 3.23. The van der Waals surface area contributed by atoms with Crippen LogP contribution in [0.1, 0.15) is 13.8 Å². The topological polar surface area (TPSA) is 70.7 Å². The van der Waals surface area contributed by atoms with Crippen LogP contribution in [-0.4, -0.2) is 50.0 Å². The molecule has 0 atom stereocenters. The number of hydrogen-bond donors (Lipinski definition) is 2. The molecule has 0 saturated carbocycles. The van der Waals surface area contributed by atoms with Crippen LogP contribution in [0.4, 0.5) is 5.69 Å². The molecule has 1 aromatic rings. The molecule has 0 unspecified atom stereocenters. The second kappa shape index (κ2) is 8.60. The number of nitrogens with zero attached hydrogens (tertiary/aromatic N) is 1. The Morgan fingerprint density at radius 2 is 1.91 bits per heavy atom. The maximum Gasteiger partial charge on any atom is 0.238 e. The molecule has 0 aliphatic carbocycles. The van der Waals surface area contributed by atoms with Crippen molar-refractivity contribution in [1.82, 2.24) is 10.2 Å². The molecule has 0 saturated heterocycles. The fourth-order valence-electron chi connectivity index (χ4n) is 1.86. The zero-order valence-electron chi connectivity index (χ0n) is 13.3. The van der Waals surface area contributed by atoms with Gasteiger partial charge in [0, 0.05) is 11.7 Å². The predicted octanol–water partition coefficient (Wildman–Crippen LogP) is 1.74. The predicted molar refractivity (Wildman–Crippen MR) is 87.4 cm³/mol. The minimum Gasteiger partial charge on any atom is -0.495 e. The van der Waals surface area contributed by atoms with Crippen LogP contribution in [-0.2, 0) is 9.59 Å². The van der Waals surface area contributed by atoms with Crippen molar-refractivity contribution in [2.45, 2.75) is 19.9 Å². The van der Waals surface area contributed by atoms with Crippen molar-refractivity contribution in [2.75, 3.05) is 32.6 Å². The lowest BCUT2D eigenvalue weighted by Crippen LogP contribution is -2.41. The Bertz CT molecular complexity index is 535. The Balaban J connectivity index is 2.48. The number of nitrogens with one attached hydrogen (secondary N) is 2. The Kier molecular flexibility index (Phi) is 7.14. The molecular formula is C15H22ClN3O3. The third-order valence-electron chi connectivity index (χ3n) is 2.71. The van der Waals surface area contributed by atoms with Gasteiger partial charge in [0.05, 0.1) is 25.2 Å². The molecule has 0 bridgehead atoms. The van der Waals surface area contributed by atoms with E-state index in [0.29, 0.717) is 16.5 Å². The van der Waals surface area contributed by atoms with Crippen LogP contribution < -0.4 is 15.4 Å². The molecule has 122 valence electrons. The molecule has 6 nitrogen and oxygen atoms in total. The summed E-state index contributed by atoms with van der Waals surface area (Å²) in [5.41, 5.74) is 0.579. The summed E-state index contributed by atoms with van der Waals surface area (Å²) in [6, 6.07) is 5.08. The molecule has 0 heterocycles. The molecule has 0 aliphatic heterocycles. The van der Waals surface area contributed by atoms with Crippen molar-refractivity contribution < 1.29 is 14.3 Å². The quantitative estimate of drug-likeness (QED) is 0.800. The highest BCUT2D eigenvalue weighted by Crippen LogP contribution is 2.27. The average molecular weight is 328 g/mol. The number of likely N-dealkylation sites (N-methyl/N-ethyl adjacent to an activating group) is 1. The van der Waals surface area contributed by atoms with E-state index in [1.165, 1.54) is 7.11 Å². The molecule has 2 N–H and O–H groups in total. The SMILES string of the molecule is COc1ccc(NC(=O)CN(C)CC(=O)NC(C)C)cc1Cl. The third kappa shape index (κ3) is 6.32. The van der Waals surface area contributed by atoms with Gasteiger partial charge in [0.1, 0.15) is 5.75 Å². The summed E-state index contributed by atoms with van der Waals surface area (Å²) in [4.78, 5) is 25.2. The van der Waals surface area contributed by atoms with Crippen LogP contribution in [0.15, 0.2) is 18.2 Å². The van der Waals surface area contributed by atoms with Crippen molar-refractivity contribution in [1.29, 1.82) is 0 Å². The third-order valence-corrected chi connectivity index (χ3v) is 3.01. The normalized spacial score (nSPS) is 10.7. The van der Waals surface area contributed by atoms with Crippen molar-refractivity contribution in [3.05, 3.63) is 23.2 Å². The first-order valence-corrected chi connectivity index (χ1v) is 7.31. The van der Waals surface area contributed by atoms with Gasteiger partial charge in [0.25, 0.3) is 0 Å². The number of carbonyl (C=O) groups excluding carboxylic acids is 2. The van der Waals surface area contributed by atoms with Crippen LogP contribution in [0.25, 0.3) is 0 Å². The Morgan fingerprint density at radius 3 is 2.45 bits per heavy atom. The summed E-state index contributed by atoms with van der Waals surface area (Å²) in [6.45, 7) is 4.04. The summed E-state index contributed by atoms with van der Waals surface area (Å²) in [5, 5.41) is 5.92. The van der Waals surface area contributed by atoms with Crippen LogP contribution >= 0.6 is 11.6 Å². The number of methoxy groups -OCH3 is 1. The van der Waals surface area contributed by atoms with Crippen LogP contribution in [0, 0.1) is 0 Å². The molecule has 1 aromatic carbocycles. The van der Waals surface area contributed by atoms with Gasteiger partial charge in [0.2, 0.25) is 11.8 Å². The zero-order chi connectivity index (χ0) is 16.7. The number of amides is 2. The summed E-state index contributed by atoms with van der Waals surface area (Å²) in [6.07, 6.45) is 0. The summed E-state index contributed by atoms with van der Waals surface area (Å²) >= 11 is 6.00. The highest BCUT2D eigenvalue weighted by atomic mass is 35.5. The number of rotatable bonds is 7. The molecular weight excluding hydrogens is 306 g/mol. The van der Waals surface area contributed by atoms with Gasteiger partial charge in [-0.3, -0.25) is 14.5 Å². The van der Waals surface area contributed by atoms with E-state index < -0.39 is 0 Å². The number of carbonyl (C=O) groups is 2. The first-order valence-electron chi connectivity index (χ1n) is 6.93. The van der Waals surface area contributed by atoms with Gasteiger partial charge < -0.3 is 15.4 Å². The minimum absolute atomic E-state index is 0.0798. The molecule has 22 heavy (non-hydrogen) atoms. The lowest BCUT2D eigenvalue weighted by atomic mass is 10.3. The second-order valence-electron chi connectivity index (χ2n) is 5.29. The van der Waals surface area contributed by atoms with Crippen LogP contribution in [0.2, 0.25) is 5.02 Å². The second-order valence-corrected chi connectivity index (χ2v) is 5.70. The first-order chi connectivity index (χ1) is 10.3. The van der Waals surface area contributed by atoms with E-state index in [2.05, 4.69) is 10.6 Å². The van der Waals surface area contributed by atoms with E-state index >= 15 is 0 Å². The smallest absolute Gasteiger partial charge is 0.238 e. The van der Waals surface area contributed by atoms with Gasteiger partial charge in [0.15, 0.2) is 0 Å². The first kappa shape index (κ1) is 18.3. The average Bonchev–Trinajstić information content (AvgIpc) is 2.37. The summed E-state index contributed by atoms with van der Waals surface area (Å²) < 4.78 is 5.05. The highest BCUT2D eigenvalue weighted by molar-refractivity contribution is 6.32. The molecule has 0 radical (unpaired) electrons. The molecule has 1 rings (SSSR count). The molecule has 0 fully saturated rings. The van der Waals surface area contributed by atoms with Crippen LogP contribution in [0.3, 0.4) is 0 Å². The van der Waals surface area contributed by atoms with Gasteiger partial charge in [-0.05, 0) is 39.1 Å². The van der Waals surface area contributed by atoms with Crippen molar-refractivity contribution in [3.63, 3.8) is 0 Å². The molecule has 2 amide bonds. The van der Waals surface area contributed by atoms with Gasteiger partial charge in [-0.2, -0.15) is 0 Å². The van der Waals surface area contributed by atoms with E-state index in [9.17, 15) is 9.59 Å². The Morgan fingerprint density at radius 1 is 1.27 bits per heavy atom. The van der Waals surface area contributed by atoms with E-state index in [0.717, 1.165) is 0 Å². The highest BCUT2D eigenvalue weighted by Gasteiger charge is 2.12. The lowest BCUT2D eigenvalue weighted by Gasteiger charge is -2.17. The van der Waals surface area contributed by atoms with E-state index in [-0.39, 0.29) is 30.9 Å². The standard InChI is InChI=1S/C15H22ClN3O3/c1-10(2)17-14(20)8-19(3)9-15(21)18-11-5-6-13(22-4)12(16)7-11/h5-7,10H,8-9H2,1-4H3,(H,17,20)(H,18,21). The molecule has 0 aromatic heterocycles. The Hall–Kier alpha value is -1.79. The Labute approximate surface area is 135 Å². The summed E-state index contributed by atoms with van der Waals surface area (Å²) in [5.74, 6) is 0.209. The number of anilines is 1. The fraction of sp³-hybridized carbons (Fsp3) is 0.467. The van der Waals surface area contributed by atoms with E-state index in [1.807, 2.05) is 13.8 Å². The molecule has 0 aliphatic rings. The van der Waals surface area contributed by atoms with E-state index in [1.54, 1.807) is 30.1 Å². The lowest BCUT2D eigenvalue weighted by molar-refractivity contribution is -0.123. The number of benzene rings is 1. The number of halogens is 1. The fourth-order valence-corrected chi connectivity index (χ4v) is 2.12. The van der Waals surface area contributed by atoms with Gasteiger partial charge >= 0.3 is 0 Å². The number of hydrogen-bond acceptors (Lipinski definition) is 4. The van der Waals surface area contributed by atoms with Crippen molar-refractivity contribution in [3.8, 4) is 5.75 Å². The van der Waals surface area contributed by atoms with Crippen LogP contribution in [0.5, 0.6) is 5.75 Å². The monoisotopic (exact) mass is 327 g/mol. The molecule has 7 heteroatoms. The number of ether oxygens (including phenoxy) is 1. The largest absolute Gasteiger partial charge is 0.495 e. The molecule has 0 spiro atoms. The van der Waals surface area contributed by atoms with Crippen molar-refractivity contribution in [2.24, 2.45) is 0 Å². The van der Waals surface area contributed by atoms with Gasteiger partial charge in [-0.25, -0.2) is 0 Å². The maximum absolute atomic E-state index is 11.9. The van der Waals surface area contributed by atoms with Gasteiger partial charge in [-0.1, -0.05) is 11.6 Å². The maximum atomic E-state index is 11.9. The van der Waals surface area contributed by atoms with Gasteiger partial charge in [-0.15, -0.1) is 0 Å². The van der Waals surface area contributed by atoms with Crippen molar-refractivity contribution >= 4 is 29.1 Å².